The molecule has 0 aliphatic heterocycles. The highest BCUT2D eigenvalue weighted by atomic mass is 32.1. The molecule has 0 spiro atoms. The first-order valence-corrected chi connectivity index (χ1v) is 9.96. The van der Waals surface area contributed by atoms with E-state index < -0.39 is 0 Å². The molecule has 0 aliphatic rings. The quantitative estimate of drug-likeness (QED) is 0.186. The molecule has 1 aromatic heterocycles. The van der Waals surface area contributed by atoms with E-state index in [9.17, 15) is 0 Å². The Kier molecular flexibility index (Phi) is 7.75. The lowest BCUT2D eigenvalue weighted by Gasteiger charge is -2.11. The predicted molar refractivity (Wildman–Crippen MR) is 118 cm³/mol. The van der Waals surface area contributed by atoms with E-state index in [1.54, 1.807) is 6.08 Å². The van der Waals surface area contributed by atoms with Crippen molar-refractivity contribution < 1.29 is 9.57 Å². The smallest absolute Gasteiger partial charge is 0.279 e. The number of hydrogen-bond acceptors (Lipinski definition) is 6. The van der Waals surface area contributed by atoms with Gasteiger partial charge in [0.25, 0.3) is 5.19 Å². The van der Waals surface area contributed by atoms with Crippen LogP contribution in [0.4, 0.5) is 5.69 Å². The minimum atomic E-state index is 0.375. The number of aryl methyl sites for hydroxylation is 3. The molecule has 0 saturated carbocycles. The average molecular weight is 401 g/mol. The van der Waals surface area contributed by atoms with Gasteiger partial charge in [0.2, 0.25) is 0 Å². The molecule has 0 bridgehead atoms. The molecule has 150 valence electrons. The number of benzene rings is 1. The van der Waals surface area contributed by atoms with Gasteiger partial charge in [0.1, 0.15) is 12.4 Å². The third kappa shape index (κ3) is 5.66. The molecule has 0 fully saturated rings. The lowest BCUT2D eigenvalue weighted by atomic mass is 10.1. The van der Waals surface area contributed by atoms with Gasteiger partial charge >= 0.3 is 0 Å². The normalized spacial score (nSPS) is 11.7. The molecule has 0 radical (unpaired) electrons. The van der Waals surface area contributed by atoms with Crippen LogP contribution in [0.1, 0.15) is 35.5 Å². The van der Waals surface area contributed by atoms with Crippen LogP contribution in [0.2, 0.25) is 0 Å². The molecule has 0 unspecified atom stereocenters. The highest BCUT2D eigenvalue weighted by Gasteiger charge is 2.14. The fourth-order valence-corrected chi connectivity index (χ4v) is 3.21. The van der Waals surface area contributed by atoms with Crippen molar-refractivity contribution in [2.45, 2.75) is 34.6 Å². The van der Waals surface area contributed by atoms with Gasteiger partial charge in [0.15, 0.2) is 0 Å². The van der Waals surface area contributed by atoms with Crippen LogP contribution in [-0.4, -0.2) is 42.1 Å². The first-order chi connectivity index (χ1) is 13.3. The van der Waals surface area contributed by atoms with Crippen molar-refractivity contribution in [3.05, 3.63) is 46.5 Å². The van der Waals surface area contributed by atoms with E-state index in [0.29, 0.717) is 11.8 Å². The Hall–Kier alpha value is -2.67. The molecular formula is C21H28N4O2S. The van der Waals surface area contributed by atoms with E-state index in [0.717, 1.165) is 45.4 Å². The second kappa shape index (κ2) is 10.0. The van der Waals surface area contributed by atoms with Crippen molar-refractivity contribution in [2.24, 2.45) is 10.1 Å². The van der Waals surface area contributed by atoms with Crippen LogP contribution in [-0.2, 0) is 4.84 Å². The number of rotatable bonds is 9. The average Bonchev–Trinajstić information content (AvgIpc) is 3.03. The monoisotopic (exact) mass is 400 g/mol. The molecule has 2 rings (SSSR count). The third-order valence-corrected chi connectivity index (χ3v) is 5.23. The minimum Gasteiger partial charge on any atom is -0.431 e. The molecule has 1 heterocycles. The fraction of sp³-hybridized carbons (Fsp3) is 0.381. The summed E-state index contributed by atoms with van der Waals surface area (Å²) >= 11 is 1.45. The van der Waals surface area contributed by atoms with Crippen molar-refractivity contribution in [2.75, 3.05) is 20.2 Å². The minimum absolute atomic E-state index is 0.375. The van der Waals surface area contributed by atoms with Gasteiger partial charge in [-0.1, -0.05) is 29.1 Å². The zero-order valence-electron chi connectivity index (χ0n) is 17.4. The number of hydrogen-bond donors (Lipinski definition) is 0. The zero-order chi connectivity index (χ0) is 20.7. The van der Waals surface area contributed by atoms with Gasteiger partial charge in [-0.3, -0.25) is 0 Å². The summed E-state index contributed by atoms with van der Waals surface area (Å²) in [5.41, 5.74) is 4.62. The number of nitrogens with zero attached hydrogens (tertiary/aromatic N) is 4. The maximum absolute atomic E-state index is 6.06. The maximum atomic E-state index is 6.06. The summed E-state index contributed by atoms with van der Waals surface area (Å²) in [6, 6.07) is 4.03. The van der Waals surface area contributed by atoms with Gasteiger partial charge in [0.05, 0.1) is 28.3 Å². The summed E-state index contributed by atoms with van der Waals surface area (Å²) in [4.78, 5) is 17.2. The van der Waals surface area contributed by atoms with Crippen molar-refractivity contribution in [1.82, 2.24) is 9.88 Å². The molecule has 7 heteroatoms. The van der Waals surface area contributed by atoms with Gasteiger partial charge in [-0.05, 0) is 57.9 Å². The number of ether oxygens (including phenoxy) is 1. The highest BCUT2D eigenvalue weighted by molar-refractivity contribution is 7.15. The molecule has 0 atom stereocenters. The fourth-order valence-electron chi connectivity index (χ4n) is 2.34. The standard InChI is InChI=1S/C21H28N4O2S/c1-8-10-26-24-17(6)20-16(5)23-21(28-20)27-19-12-14(3)18(11-15(19)4)22-13-25(7)9-2/h8,11-13H,1,9-10H2,2-7H3/b22-13+,24-17?. The molecule has 0 aliphatic carbocycles. The van der Waals surface area contributed by atoms with Crippen LogP contribution < -0.4 is 4.74 Å². The number of aliphatic imine (C=N–C) groups is 1. The first-order valence-electron chi connectivity index (χ1n) is 9.14. The Balaban J connectivity index is 2.21. The zero-order valence-corrected chi connectivity index (χ0v) is 18.3. The summed E-state index contributed by atoms with van der Waals surface area (Å²) in [5, 5.41) is 4.67. The van der Waals surface area contributed by atoms with Crippen LogP contribution >= 0.6 is 11.3 Å². The topological polar surface area (TPSA) is 59.3 Å². The van der Waals surface area contributed by atoms with Gasteiger partial charge in [0, 0.05) is 13.6 Å². The maximum Gasteiger partial charge on any atom is 0.279 e. The summed E-state index contributed by atoms with van der Waals surface area (Å²) in [6.07, 6.45) is 3.50. The van der Waals surface area contributed by atoms with Crippen molar-refractivity contribution in [3.63, 3.8) is 0 Å². The Morgan fingerprint density at radius 3 is 2.71 bits per heavy atom. The van der Waals surface area contributed by atoms with E-state index >= 15 is 0 Å². The van der Waals surface area contributed by atoms with E-state index in [4.69, 9.17) is 9.57 Å². The van der Waals surface area contributed by atoms with Gasteiger partial charge in [-0.25, -0.2) is 9.98 Å². The summed E-state index contributed by atoms with van der Waals surface area (Å²) in [7, 11) is 2.00. The molecule has 0 saturated heterocycles. The van der Waals surface area contributed by atoms with Gasteiger partial charge in [-0.15, -0.1) is 0 Å². The van der Waals surface area contributed by atoms with E-state index in [-0.39, 0.29) is 0 Å². The lowest BCUT2D eigenvalue weighted by molar-refractivity contribution is 0.175. The third-order valence-electron chi connectivity index (χ3n) is 4.08. The molecular weight excluding hydrogens is 372 g/mol. The molecule has 1 aromatic carbocycles. The summed E-state index contributed by atoms with van der Waals surface area (Å²) in [5.74, 6) is 0.776. The molecule has 28 heavy (non-hydrogen) atoms. The van der Waals surface area contributed by atoms with Crippen LogP contribution in [0, 0.1) is 20.8 Å². The largest absolute Gasteiger partial charge is 0.431 e. The molecule has 0 amide bonds. The first kappa shape index (κ1) is 21.6. The molecule has 0 N–H and O–H groups in total. The molecule has 2 aromatic rings. The molecule has 6 nitrogen and oxygen atoms in total. The SMILES string of the molecule is C=CCON=C(C)c1sc(Oc2cc(C)c(/N=C/N(C)CC)cc2C)nc1C. The van der Waals surface area contributed by atoms with E-state index in [1.807, 2.05) is 58.1 Å². The van der Waals surface area contributed by atoms with Gasteiger partial charge < -0.3 is 14.5 Å². The van der Waals surface area contributed by atoms with Crippen molar-refractivity contribution in [1.29, 1.82) is 0 Å². The van der Waals surface area contributed by atoms with E-state index in [1.165, 1.54) is 11.3 Å². The van der Waals surface area contributed by atoms with Crippen LogP contribution in [0.5, 0.6) is 10.9 Å². The van der Waals surface area contributed by atoms with E-state index in [2.05, 4.69) is 28.6 Å². The number of thiazole rings is 1. The number of aromatic nitrogens is 1. The van der Waals surface area contributed by atoms with Crippen molar-refractivity contribution in [3.8, 4) is 10.9 Å². The second-order valence-corrected chi connectivity index (χ2v) is 7.44. The Morgan fingerprint density at radius 1 is 1.29 bits per heavy atom. The van der Waals surface area contributed by atoms with Crippen LogP contribution in [0.15, 0.2) is 34.9 Å². The van der Waals surface area contributed by atoms with Crippen molar-refractivity contribution >= 4 is 29.1 Å². The Bertz CT molecular complexity index is 887. The highest BCUT2D eigenvalue weighted by Crippen LogP contribution is 2.34. The number of oxime groups is 1. The second-order valence-electron chi connectivity index (χ2n) is 6.48. The van der Waals surface area contributed by atoms with Crippen LogP contribution in [0.3, 0.4) is 0 Å². The Morgan fingerprint density at radius 2 is 2.04 bits per heavy atom. The summed E-state index contributed by atoms with van der Waals surface area (Å²) < 4.78 is 6.06. The predicted octanol–water partition coefficient (Wildman–Crippen LogP) is 5.40. The summed E-state index contributed by atoms with van der Waals surface area (Å²) in [6.45, 7) is 14.8. The van der Waals surface area contributed by atoms with Gasteiger partial charge in [-0.2, -0.15) is 0 Å². The van der Waals surface area contributed by atoms with Crippen LogP contribution in [0.25, 0.3) is 0 Å². The Labute approximate surface area is 171 Å². The lowest BCUT2D eigenvalue weighted by Crippen LogP contribution is -2.14.